The van der Waals surface area contributed by atoms with Crippen molar-refractivity contribution in [2.75, 3.05) is 12.5 Å². The van der Waals surface area contributed by atoms with Crippen LogP contribution in [0.5, 0.6) is 11.5 Å². The van der Waals surface area contributed by atoms with Crippen LogP contribution in [-0.2, 0) is 6.42 Å². The highest BCUT2D eigenvalue weighted by molar-refractivity contribution is 5.84. The molecule has 2 rings (SSSR count). The third-order valence-corrected chi connectivity index (χ3v) is 3.00. The summed E-state index contributed by atoms with van der Waals surface area (Å²) < 4.78 is 5.09. The average Bonchev–Trinajstić information content (AvgIpc) is 2.52. The summed E-state index contributed by atoms with van der Waals surface area (Å²) in [6.45, 7) is 3.68. The third-order valence-electron chi connectivity index (χ3n) is 3.00. The van der Waals surface area contributed by atoms with Crippen LogP contribution >= 0.6 is 0 Å². The third kappa shape index (κ3) is 3.86. The molecule has 0 bridgehead atoms. The number of methoxy groups -OCH3 is 1. The lowest BCUT2D eigenvalue weighted by Crippen LogP contribution is -1.93. The monoisotopic (exact) mass is 282 g/mol. The van der Waals surface area contributed by atoms with Gasteiger partial charge in [0, 0.05) is 5.56 Å². The fourth-order valence-electron chi connectivity index (χ4n) is 1.88. The van der Waals surface area contributed by atoms with Gasteiger partial charge in [-0.15, -0.1) is 6.58 Å². The molecule has 0 saturated heterocycles. The van der Waals surface area contributed by atoms with Gasteiger partial charge in [-0.1, -0.05) is 18.2 Å². The Balaban J connectivity index is 2.06. The number of nitrogens with zero attached hydrogens (tertiary/aromatic N) is 1. The predicted molar refractivity (Wildman–Crippen MR) is 86.2 cm³/mol. The molecule has 21 heavy (non-hydrogen) atoms. The minimum absolute atomic E-state index is 0.234. The van der Waals surface area contributed by atoms with Gasteiger partial charge in [0.15, 0.2) is 0 Å². The van der Waals surface area contributed by atoms with E-state index in [1.165, 1.54) is 0 Å². The van der Waals surface area contributed by atoms with Crippen molar-refractivity contribution in [3.63, 3.8) is 0 Å². The molecule has 0 spiro atoms. The summed E-state index contributed by atoms with van der Waals surface area (Å²) in [5.74, 6) is 1.02. The van der Waals surface area contributed by atoms with E-state index >= 15 is 0 Å². The number of para-hydroxylation sites is 1. The lowest BCUT2D eigenvalue weighted by molar-refractivity contribution is 0.415. The number of aromatic hydroxyl groups is 1. The molecule has 0 aliphatic rings. The maximum Gasteiger partial charge on any atom is 0.127 e. The predicted octanol–water partition coefficient (Wildman–Crippen LogP) is 3.58. The van der Waals surface area contributed by atoms with Crippen LogP contribution in [0.4, 0.5) is 5.69 Å². The van der Waals surface area contributed by atoms with Crippen LogP contribution in [0.2, 0.25) is 0 Å². The van der Waals surface area contributed by atoms with Crippen molar-refractivity contribution in [1.82, 2.24) is 0 Å². The maximum absolute atomic E-state index is 10.1. The van der Waals surface area contributed by atoms with Gasteiger partial charge in [-0.3, -0.25) is 5.43 Å². The minimum atomic E-state index is 0.234. The number of phenolic OH excluding ortho intramolecular Hbond substituents is 1. The van der Waals surface area contributed by atoms with Crippen LogP contribution in [0.25, 0.3) is 0 Å². The summed E-state index contributed by atoms with van der Waals surface area (Å²) in [5.41, 5.74) is 5.24. The van der Waals surface area contributed by atoms with Crippen LogP contribution in [-0.4, -0.2) is 18.4 Å². The summed E-state index contributed by atoms with van der Waals surface area (Å²) in [6, 6.07) is 13.0. The highest BCUT2D eigenvalue weighted by atomic mass is 16.5. The molecule has 2 aromatic carbocycles. The second kappa shape index (κ2) is 7.14. The summed E-state index contributed by atoms with van der Waals surface area (Å²) in [4.78, 5) is 0. The number of benzene rings is 2. The molecule has 0 aromatic heterocycles. The zero-order chi connectivity index (χ0) is 15.1. The number of rotatable bonds is 6. The van der Waals surface area contributed by atoms with E-state index in [1.807, 2.05) is 36.4 Å². The van der Waals surface area contributed by atoms with Crippen molar-refractivity contribution in [3.05, 3.63) is 66.2 Å². The Bertz CT molecular complexity index is 634. The standard InChI is InChI=1S/C17H18N2O2/c1-3-5-13-6-4-7-14(17(13)20)12-18-19-15-8-10-16(21-2)11-9-15/h3-4,6-12,19-20H,1,5H2,2H3/b18-12+. The van der Waals surface area contributed by atoms with Crippen LogP contribution in [0.15, 0.2) is 60.2 Å². The largest absolute Gasteiger partial charge is 0.507 e. The second-order valence-electron chi connectivity index (χ2n) is 4.45. The van der Waals surface area contributed by atoms with Gasteiger partial charge in [-0.05, 0) is 42.3 Å². The molecular weight excluding hydrogens is 264 g/mol. The van der Waals surface area contributed by atoms with E-state index in [-0.39, 0.29) is 5.75 Å². The topological polar surface area (TPSA) is 53.9 Å². The van der Waals surface area contributed by atoms with E-state index in [1.54, 1.807) is 25.5 Å². The van der Waals surface area contributed by atoms with Crippen molar-refractivity contribution < 1.29 is 9.84 Å². The first kappa shape index (κ1) is 14.7. The molecule has 0 heterocycles. The second-order valence-corrected chi connectivity index (χ2v) is 4.45. The number of phenols is 1. The Morgan fingerprint density at radius 1 is 1.24 bits per heavy atom. The van der Waals surface area contributed by atoms with Crippen LogP contribution < -0.4 is 10.2 Å². The highest BCUT2D eigenvalue weighted by Gasteiger charge is 2.03. The summed E-state index contributed by atoms with van der Waals surface area (Å²) in [5, 5.41) is 14.2. The maximum atomic E-state index is 10.1. The van der Waals surface area contributed by atoms with Gasteiger partial charge >= 0.3 is 0 Å². The zero-order valence-corrected chi connectivity index (χ0v) is 11.9. The Hall–Kier alpha value is -2.75. The molecule has 0 aliphatic carbocycles. The van der Waals surface area contributed by atoms with Gasteiger partial charge in [-0.2, -0.15) is 5.10 Å². The van der Waals surface area contributed by atoms with Crippen LogP contribution in [0.1, 0.15) is 11.1 Å². The molecule has 0 amide bonds. The van der Waals surface area contributed by atoms with Gasteiger partial charge in [0.2, 0.25) is 0 Å². The van der Waals surface area contributed by atoms with Crippen LogP contribution in [0.3, 0.4) is 0 Å². The van der Waals surface area contributed by atoms with Gasteiger partial charge in [0.05, 0.1) is 19.0 Å². The van der Waals surface area contributed by atoms with E-state index in [9.17, 15) is 5.11 Å². The molecule has 0 radical (unpaired) electrons. The number of hydrogen-bond donors (Lipinski definition) is 2. The molecule has 0 unspecified atom stereocenters. The number of nitrogens with one attached hydrogen (secondary N) is 1. The van der Waals surface area contributed by atoms with E-state index in [2.05, 4.69) is 17.1 Å². The summed E-state index contributed by atoms with van der Waals surface area (Å²) in [6.07, 6.45) is 3.97. The summed E-state index contributed by atoms with van der Waals surface area (Å²) in [7, 11) is 1.62. The Morgan fingerprint density at radius 3 is 2.67 bits per heavy atom. The van der Waals surface area contributed by atoms with Crippen molar-refractivity contribution >= 4 is 11.9 Å². The molecule has 2 N–H and O–H groups in total. The number of hydrogen-bond acceptors (Lipinski definition) is 4. The number of hydrazone groups is 1. The number of allylic oxidation sites excluding steroid dienone is 1. The van der Waals surface area contributed by atoms with E-state index in [4.69, 9.17) is 4.74 Å². The van der Waals surface area contributed by atoms with Crippen molar-refractivity contribution in [1.29, 1.82) is 0 Å². The molecule has 0 fully saturated rings. The normalized spacial score (nSPS) is 10.5. The van der Waals surface area contributed by atoms with Crippen molar-refractivity contribution in [3.8, 4) is 11.5 Å². The minimum Gasteiger partial charge on any atom is -0.507 e. The first-order chi connectivity index (χ1) is 10.2. The number of anilines is 1. The van der Waals surface area contributed by atoms with Crippen LogP contribution in [0, 0.1) is 0 Å². The molecule has 0 atom stereocenters. The quantitative estimate of drug-likeness (QED) is 0.484. The fraction of sp³-hybridized carbons (Fsp3) is 0.118. The summed E-state index contributed by atoms with van der Waals surface area (Å²) >= 11 is 0. The molecular formula is C17H18N2O2. The molecule has 108 valence electrons. The molecule has 0 saturated carbocycles. The van der Waals surface area contributed by atoms with Crippen molar-refractivity contribution in [2.45, 2.75) is 6.42 Å². The molecule has 4 heteroatoms. The van der Waals surface area contributed by atoms with Gasteiger partial charge in [-0.25, -0.2) is 0 Å². The fourth-order valence-corrected chi connectivity index (χ4v) is 1.88. The first-order valence-electron chi connectivity index (χ1n) is 6.59. The smallest absolute Gasteiger partial charge is 0.127 e. The number of ether oxygens (including phenoxy) is 1. The molecule has 2 aromatic rings. The van der Waals surface area contributed by atoms with E-state index < -0.39 is 0 Å². The lowest BCUT2D eigenvalue weighted by atomic mass is 10.1. The Labute approximate surface area is 124 Å². The van der Waals surface area contributed by atoms with Gasteiger partial charge < -0.3 is 9.84 Å². The Morgan fingerprint density at radius 2 is 2.00 bits per heavy atom. The zero-order valence-electron chi connectivity index (χ0n) is 11.9. The van der Waals surface area contributed by atoms with Crippen molar-refractivity contribution in [2.24, 2.45) is 5.10 Å². The first-order valence-corrected chi connectivity index (χ1v) is 6.59. The Kier molecular flexibility index (Phi) is 4.99. The molecule has 4 nitrogen and oxygen atoms in total. The highest BCUT2D eigenvalue weighted by Crippen LogP contribution is 2.22. The van der Waals surface area contributed by atoms with Gasteiger partial charge in [0.25, 0.3) is 0 Å². The SMILES string of the molecule is C=CCc1cccc(/C=N/Nc2ccc(OC)cc2)c1O. The average molecular weight is 282 g/mol. The lowest BCUT2D eigenvalue weighted by Gasteiger charge is -2.05. The molecule has 0 aliphatic heterocycles. The van der Waals surface area contributed by atoms with Gasteiger partial charge in [0.1, 0.15) is 11.5 Å². The van der Waals surface area contributed by atoms with E-state index in [0.29, 0.717) is 12.0 Å². The van der Waals surface area contributed by atoms with E-state index in [0.717, 1.165) is 17.0 Å².